The average molecular weight is 604 g/mol. The molecule has 0 aromatic heterocycles. The van der Waals surface area contributed by atoms with Crippen LogP contribution in [0.15, 0.2) is 36.4 Å². The topological polar surface area (TPSA) is 117 Å². The van der Waals surface area contributed by atoms with Gasteiger partial charge in [-0.1, -0.05) is 37.6 Å². The van der Waals surface area contributed by atoms with Crippen LogP contribution in [0.2, 0.25) is 5.02 Å². The number of nitrogens with zero attached hydrogens (tertiary/aromatic N) is 1. The second-order valence-corrected chi connectivity index (χ2v) is 14.4. The normalized spacial score (nSPS) is 25.6. The molecule has 9 heteroatoms. The molecule has 4 aliphatic carbocycles. The van der Waals surface area contributed by atoms with Crippen LogP contribution in [0.1, 0.15) is 75.0 Å². The largest absolute Gasteiger partial charge is 0.333 e. The zero-order valence-electron chi connectivity index (χ0n) is 25.0. The second kappa shape index (κ2) is 10.8. The van der Waals surface area contributed by atoms with Gasteiger partial charge in [-0.05, 0) is 109 Å². The maximum atomic E-state index is 14.3. The molecule has 5 aliphatic rings. The van der Waals surface area contributed by atoms with E-state index < -0.39 is 11.6 Å². The highest BCUT2D eigenvalue weighted by Gasteiger charge is 2.54. The fourth-order valence-electron chi connectivity index (χ4n) is 7.39. The third kappa shape index (κ3) is 5.53. The molecule has 5 N–H and O–H groups in total. The van der Waals surface area contributed by atoms with Crippen LogP contribution >= 0.6 is 11.6 Å². The van der Waals surface area contributed by atoms with Gasteiger partial charge >= 0.3 is 6.03 Å². The first kappa shape index (κ1) is 28.7. The molecule has 0 radical (unpaired) electrons. The van der Waals surface area contributed by atoms with E-state index in [2.05, 4.69) is 29.8 Å². The predicted octanol–water partition coefficient (Wildman–Crippen LogP) is 5.45. The highest BCUT2D eigenvalue weighted by molar-refractivity contribution is 6.34. The summed E-state index contributed by atoms with van der Waals surface area (Å²) in [5, 5.41) is 9.74. The molecule has 0 spiro atoms. The lowest BCUT2D eigenvalue weighted by atomic mass is 9.89. The second-order valence-electron chi connectivity index (χ2n) is 14.0. The van der Waals surface area contributed by atoms with Crippen molar-refractivity contribution in [1.29, 1.82) is 0 Å². The third-order valence-corrected chi connectivity index (χ3v) is 10.8. The van der Waals surface area contributed by atoms with E-state index in [1.165, 1.54) is 44.1 Å². The van der Waals surface area contributed by atoms with Crippen LogP contribution in [0, 0.1) is 23.7 Å². The molecule has 1 aliphatic heterocycles. The average Bonchev–Trinajstić information content (AvgIpc) is 3.85. The van der Waals surface area contributed by atoms with Crippen molar-refractivity contribution >= 4 is 40.8 Å². The van der Waals surface area contributed by atoms with Crippen LogP contribution in [-0.4, -0.2) is 46.9 Å². The highest BCUT2D eigenvalue weighted by atomic mass is 35.5. The van der Waals surface area contributed by atoms with E-state index >= 15 is 0 Å². The quantitative estimate of drug-likeness (QED) is 0.289. The Labute approximate surface area is 258 Å². The summed E-state index contributed by atoms with van der Waals surface area (Å²) in [6.45, 7) is 4.58. The van der Waals surface area contributed by atoms with E-state index in [4.69, 9.17) is 17.3 Å². The Morgan fingerprint density at radius 3 is 2.28 bits per heavy atom. The molecule has 1 unspecified atom stereocenters. The molecule has 3 saturated carbocycles. The fourth-order valence-corrected chi connectivity index (χ4v) is 7.63. The van der Waals surface area contributed by atoms with Crippen molar-refractivity contribution in [3.05, 3.63) is 58.1 Å². The van der Waals surface area contributed by atoms with Gasteiger partial charge in [-0.25, -0.2) is 4.79 Å². The fraction of sp³-hybridized carbons (Fsp3) is 0.559. The molecule has 2 aromatic carbocycles. The summed E-state index contributed by atoms with van der Waals surface area (Å²) >= 11 is 6.65. The zero-order chi connectivity index (χ0) is 30.0. The molecule has 228 valence electrons. The highest BCUT2D eigenvalue weighted by Crippen LogP contribution is 2.50. The van der Waals surface area contributed by atoms with Crippen LogP contribution in [0.25, 0.3) is 0 Å². The number of fused-ring (bicyclic) bond motifs is 1. The van der Waals surface area contributed by atoms with E-state index in [0.717, 1.165) is 11.1 Å². The van der Waals surface area contributed by atoms with Crippen molar-refractivity contribution in [3.8, 4) is 0 Å². The minimum atomic E-state index is -1.13. The number of urea groups is 1. The summed E-state index contributed by atoms with van der Waals surface area (Å²) in [6.07, 6.45) is 7.73. The number of amides is 4. The molecule has 4 amide bonds. The maximum absolute atomic E-state index is 14.3. The molecular formula is C34H42ClN5O3. The van der Waals surface area contributed by atoms with Gasteiger partial charge in [0, 0.05) is 25.1 Å². The van der Waals surface area contributed by atoms with Crippen LogP contribution in [0.3, 0.4) is 0 Å². The van der Waals surface area contributed by atoms with E-state index in [1.807, 2.05) is 36.4 Å². The monoisotopic (exact) mass is 603 g/mol. The lowest BCUT2D eigenvalue weighted by molar-refractivity contribution is -0.125. The zero-order valence-corrected chi connectivity index (χ0v) is 25.8. The first-order chi connectivity index (χ1) is 20.6. The molecule has 8 nitrogen and oxygen atoms in total. The smallest absolute Gasteiger partial charge is 0.318 e. The van der Waals surface area contributed by atoms with Gasteiger partial charge in [-0.3, -0.25) is 9.59 Å². The van der Waals surface area contributed by atoms with Crippen LogP contribution in [0.5, 0.6) is 0 Å². The molecule has 7 rings (SSSR count). The maximum Gasteiger partial charge on any atom is 0.318 e. The van der Waals surface area contributed by atoms with E-state index in [-0.39, 0.29) is 35.7 Å². The van der Waals surface area contributed by atoms with E-state index in [0.29, 0.717) is 53.5 Å². The lowest BCUT2D eigenvalue weighted by Gasteiger charge is -2.37. The van der Waals surface area contributed by atoms with E-state index in [9.17, 15) is 14.4 Å². The summed E-state index contributed by atoms with van der Waals surface area (Å²) in [6, 6.07) is 10.8. The number of hydrogen-bond acceptors (Lipinski definition) is 4. The molecule has 0 bridgehead atoms. The Bertz CT molecular complexity index is 1450. The van der Waals surface area contributed by atoms with Gasteiger partial charge in [0.05, 0.1) is 22.8 Å². The summed E-state index contributed by atoms with van der Waals surface area (Å²) in [5.41, 5.74) is 9.73. The number of hydrogen-bond donors (Lipinski definition) is 4. The number of rotatable bonds is 10. The number of benzene rings is 2. The summed E-state index contributed by atoms with van der Waals surface area (Å²) in [4.78, 5) is 42.6. The Hall–Kier alpha value is -3.10. The summed E-state index contributed by atoms with van der Waals surface area (Å²) < 4.78 is 0. The first-order valence-corrected chi connectivity index (χ1v) is 16.4. The minimum absolute atomic E-state index is 0.0514. The van der Waals surface area contributed by atoms with Crippen molar-refractivity contribution in [2.75, 3.05) is 17.2 Å². The van der Waals surface area contributed by atoms with E-state index in [1.54, 1.807) is 4.90 Å². The SMILES string of the molecule is CC(C)[C@@H]1CN(C2(C(=O)Nc3ccc(C4CC4)cc3Cl)Cc3ccc(NC(=O)[C@@H](N)C(C4CC4)C4CC4)cc3C2)C(=O)N1. The minimum Gasteiger partial charge on any atom is -0.333 e. The Balaban J connectivity index is 1.13. The number of carbonyl (C=O) groups excluding carboxylic acids is 3. The molecule has 43 heavy (non-hydrogen) atoms. The molecule has 1 saturated heterocycles. The molecule has 2 aromatic rings. The first-order valence-electron chi connectivity index (χ1n) is 16.0. The molecular weight excluding hydrogens is 562 g/mol. The van der Waals surface area contributed by atoms with Gasteiger partial charge in [0.1, 0.15) is 5.54 Å². The molecule has 4 fully saturated rings. The van der Waals surface area contributed by atoms with Gasteiger partial charge in [0.2, 0.25) is 5.91 Å². The number of nitrogens with two attached hydrogens (primary N) is 1. The van der Waals surface area contributed by atoms with Crippen LogP contribution < -0.4 is 21.7 Å². The lowest BCUT2D eigenvalue weighted by Crippen LogP contribution is -2.59. The summed E-state index contributed by atoms with van der Waals surface area (Å²) in [5.74, 6) is 1.79. The molecule has 3 atom stereocenters. The molecule has 1 heterocycles. The third-order valence-electron chi connectivity index (χ3n) is 10.5. The summed E-state index contributed by atoms with van der Waals surface area (Å²) in [7, 11) is 0. The Morgan fingerprint density at radius 1 is 0.977 bits per heavy atom. The van der Waals surface area contributed by atoms with Crippen molar-refractivity contribution in [2.45, 2.75) is 88.8 Å². The number of nitrogens with one attached hydrogen (secondary N) is 3. The van der Waals surface area contributed by atoms with Gasteiger partial charge in [-0.15, -0.1) is 0 Å². The van der Waals surface area contributed by atoms with Crippen LogP contribution in [0.4, 0.5) is 16.2 Å². The number of anilines is 2. The number of carbonyl (C=O) groups is 3. The standard InChI is InChI=1S/C34H42ClN5O3/c1-18(2)28-17-40(33(43)39-28)34(32(42)38-27-12-10-22(14-26(27)35)19-3-4-19)15-23-9-11-25(13-24(23)16-34)37-31(41)30(36)29(20-5-6-20)21-7-8-21/h9-14,18-21,28-30H,3-8,15-17,36H2,1-2H3,(H,37,41)(H,38,42)(H,39,43)/t28-,30-,34?/m0/s1. The van der Waals surface area contributed by atoms with Gasteiger partial charge in [-0.2, -0.15) is 0 Å². The number of halogens is 1. The van der Waals surface area contributed by atoms with Crippen molar-refractivity contribution in [1.82, 2.24) is 10.2 Å². The Kier molecular flexibility index (Phi) is 7.20. The van der Waals surface area contributed by atoms with Gasteiger partial charge < -0.3 is 26.6 Å². The van der Waals surface area contributed by atoms with Crippen molar-refractivity contribution < 1.29 is 14.4 Å². The van der Waals surface area contributed by atoms with Crippen molar-refractivity contribution in [3.63, 3.8) is 0 Å². The van der Waals surface area contributed by atoms with Crippen molar-refractivity contribution in [2.24, 2.45) is 29.4 Å². The Morgan fingerprint density at radius 2 is 1.67 bits per heavy atom. The van der Waals surface area contributed by atoms with Crippen LogP contribution in [-0.2, 0) is 22.4 Å². The predicted molar refractivity (Wildman–Crippen MR) is 168 cm³/mol. The van der Waals surface area contributed by atoms with Gasteiger partial charge in [0.25, 0.3) is 5.91 Å². The van der Waals surface area contributed by atoms with Gasteiger partial charge in [0.15, 0.2) is 0 Å².